The number of halogens is 1. The Bertz CT molecular complexity index is 725. The number of nitrogens with zero attached hydrogens (tertiary/aromatic N) is 1. The molecular formula is C17H17BrN2S. The highest BCUT2D eigenvalue weighted by atomic mass is 79.9. The van der Waals surface area contributed by atoms with Crippen molar-refractivity contribution >= 4 is 38.2 Å². The highest BCUT2D eigenvalue weighted by molar-refractivity contribution is 9.10. The highest BCUT2D eigenvalue weighted by Gasteiger charge is 2.17. The van der Waals surface area contributed by atoms with E-state index < -0.39 is 0 Å². The van der Waals surface area contributed by atoms with E-state index in [0.29, 0.717) is 0 Å². The van der Waals surface area contributed by atoms with Crippen molar-refractivity contribution in [3.05, 3.63) is 62.9 Å². The van der Waals surface area contributed by atoms with Gasteiger partial charge in [0, 0.05) is 9.86 Å². The van der Waals surface area contributed by atoms with Gasteiger partial charge in [0.15, 0.2) is 0 Å². The maximum Gasteiger partial charge on any atom is 0.0726 e. The van der Waals surface area contributed by atoms with Gasteiger partial charge in [0.05, 0.1) is 17.3 Å². The van der Waals surface area contributed by atoms with Gasteiger partial charge in [-0.3, -0.25) is 0 Å². The van der Waals surface area contributed by atoms with Crippen molar-refractivity contribution in [1.82, 2.24) is 10.3 Å². The maximum absolute atomic E-state index is 4.87. The Morgan fingerprint density at radius 1 is 1.29 bits per heavy atom. The Morgan fingerprint density at radius 2 is 2.14 bits per heavy atom. The van der Waals surface area contributed by atoms with E-state index in [9.17, 15) is 0 Å². The summed E-state index contributed by atoms with van der Waals surface area (Å²) in [6, 6.07) is 12.8. The summed E-state index contributed by atoms with van der Waals surface area (Å²) in [6.45, 7) is 3.06. The van der Waals surface area contributed by atoms with Crippen molar-refractivity contribution in [2.75, 3.05) is 6.54 Å². The van der Waals surface area contributed by atoms with Gasteiger partial charge in [0.1, 0.15) is 0 Å². The van der Waals surface area contributed by atoms with Crippen LogP contribution in [0.25, 0.3) is 10.9 Å². The third-order valence-corrected chi connectivity index (χ3v) is 4.87. The minimum Gasteiger partial charge on any atom is -0.309 e. The first kappa shape index (κ1) is 14.7. The molecule has 21 heavy (non-hydrogen) atoms. The van der Waals surface area contributed by atoms with Crippen LogP contribution in [0.1, 0.15) is 24.2 Å². The quantitative estimate of drug-likeness (QED) is 0.695. The van der Waals surface area contributed by atoms with E-state index in [4.69, 9.17) is 4.98 Å². The smallest absolute Gasteiger partial charge is 0.0726 e. The standard InChI is InChI=1S/C17H17BrN2S/c1-2-19-16(9-12-7-8-21-11-12)17-14(18)10-13-5-3-4-6-15(13)20-17/h3-8,10-11,16,19H,2,9H2,1H3. The molecule has 0 aliphatic heterocycles. The minimum atomic E-state index is 0.226. The summed E-state index contributed by atoms with van der Waals surface area (Å²) < 4.78 is 1.07. The number of aromatic nitrogens is 1. The molecule has 0 aliphatic carbocycles. The largest absolute Gasteiger partial charge is 0.309 e. The molecule has 1 unspecified atom stereocenters. The zero-order valence-corrected chi connectivity index (χ0v) is 14.2. The third-order valence-electron chi connectivity index (χ3n) is 3.51. The molecule has 1 N–H and O–H groups in total. The summed E-state index contributed by atoms with van der Waals surface area (Å²) in [5, 5.41) is 9.05. The molecule has 3 aromatic rings. The van der Waals surface area contributed by atoms with Crippen molar-refractivity contribution in [2.24, 2.45) is 0 Å². The zero-order chi connectivity index (χ0) is 14.7. The summed E-state index contributed by atoms with van der Waals surface area (Å²) in [6.07, 6.45) is 0.960. The van der Waals surface area contributed by atoms with Crippen molar-refractivity contribution in [2.45, 2.75) is 19.4 Å². The number of nitrogens with one attached hydrogen (secondary N) is 1. The Kier molecular flexibility index (Phi) is 4.68. The molecule has 1 aromatic carbocycles. The Balaban J connectivity index is 1.99. The molecule has 0 saturated carbocycles. The van der Waals surface area contributed by atoms with E-state index >= 15 is 0 Å². The van der Waals surface area contributed by atoms with Crippen molar-refractivity contribution in [3.8, 4) is 0 Å². The predicted octanol–water partition coefficient (Wildman–Crippen LogP) is 4.95. The van der Waals surface area contributed by atoms with Gasteiger partial charge >= 0.3 is 0 Å². The molecule has 0 spiro atoms. The maximum atomic E-state index is 4.87. The van der Waals surface area contributed by atoms with Crippen LogP contribution >= 0.6 is 27.3 Å². The van der Waals surface area contributed by atoms with Crippen LogP contribution in [0, 0.1) is 0 Å². The number of benzene rings is 1. The van der Waals surface area contributed by atoms with E-state index in [2.05, 4.69) is 63.2 Å². The number of pyridine rings is 1. The van der Waals surface area contributed by atoms with E-state index in [1.54, 1.807) is 11.3 Å². The SMILES string of the molecule is CCNC(Cc1ccsc1)c1nc2ccccc2cc1Br. The first-order chi connectivity index (χ1) is 10.3. The number of fused-ring (bicyclic) bond motifs is 1. The second-order valence-electron chi connectivity index (χ2n) is 4.99. The van der Waals surface area contributed by atoms with Gasteiger partial charge in [-0.25, -0.2) is 4.98 Å². The van der Waals surface area contributed by atoms with Gasteiger partial charge in [0.25, 0.3) is 0 Å². The number of likely N-dealkylation sites (N-methyl/N-ethyl adjacent to an activating group) is 1. The molecular weight excluding hydrogens is 344 g/mol. The molecule has 0 bridgehead atoms. The molecule has 0 fully saturated rings. The summed E-state index contributed by atoms with van der Waals surface area (Å²) in [4.78, 5) is 4.87. The molecule has 108 valence electrons. The Hall–Kier alpha value is -1.23. The van der Waals surface area contributed by atoms with E-state index in [1.807, 2.05) is 12.1 Å². The molecule has 3 rings (SSSR count). The number of rotatable bonds is 5. The monoisotopic (exact) mass is 360 g/mol. The van der Waals surface area contributed by atoms with Crippen LogP contribution in [0.2, 0.25) is 0 Å². The molecule has 2 heterocycles. The molecule has 0 saturated heterocycles. The third kappa shape index (κ3) is 3.34. The lowest BCUT2D eigenvalue weighted by molar-refractivity contribution is 0.537. The molecule has 2 aromatic heterocycles. The van der Waals surface area contributed by atoms with Gasteiger partial charge in [0.2, 0.25) is 0 Å². The molecule has 0 amide bonds. The van der Waals surface area contributed by atoms with Gasteiger partial charge < -0.3 is 5.32 Å². The van der Waals surface area contributed by atoms with Crippen LogP contribution in [-0.4, -0.2) is 11.5 Å². The first-order valence-electron chi connectivity index (χ1n) is 7.07. The zero-order valence-electron chi connectivity index (χ0n) is 11.8. The fourth-order valence-corrected chi connectivity index (χ4v) is 3.80. The highest BCUT2D eigenvalue weighted by Crippen LogP contribution is 2.28. The lowest BCUT2D eigenvalue weighted by Gasteiger charge is -2.19. The Labute approximate surface area is 137 Å². The molecule has 1 atom stereocenters. The van der Waals surface area contributed by atoms with E-state index in [-0.39, 0.29) is 6.04 Å². The average molecular weight is 361 g/mol. The average Bonchev–Trinajstić information content (AvgIpc) is 2.99. The fourth-order valence-electron chi connectivity index (χ4n) is 2.51. The van der Waals surface area contributed by atoms with Crippen molar-refractivity contribution < 1.29 is 0 Å². The summed E-state index contributed by atoms with van der Waals surface area (Å²) in [7, 11) is 0. The lowest BCUT2D eigenvalue weighted by atomic mass is 10.0. The van der Waals surface area contributed by atoms with Gasteiger partial charge in [-0.05, 0) is 63.4 Å². The lowest BCUT2D eigenvalue weighted by Crippen LogP contribution is -2.24. The number of thiophene rings is 1. The molecule has 0 aliphatic rings. The van der Waals surface area contributed by atoms with Crippen LogP contribution < -0.4 is 5.32 Å². The number of hydrogen-bond acceptors (Lipinski definition) is 3. The normalized spacial score (nSPS) is 12.7. The number of hydrogen-bond donors (Lipinski definition) is 1. The van der Waals surface area contributed by atoms with Crippen LogP contribution in [0.5, 0.6) is 0 Å². The summed E-state index contributed by atoms with van der Waals surface area (Å²) in [5.74, 6) is 0. The van der Waals surface area contributed by atoms with Crippen LogP contribution in [0.3, 0.4) is 0 Å². The van der Waals surface area contributed by atoms with Gasteiger partial charge in [-0.15, -0.1) is 0 Å². The van der Waals surface area contributed by atoms with Gasteiger partial charge in [-0.2, -0.15) is 11.3 Å². The molecule has 0 radical (unpaired) electrons. The molecule has 4 heteroatoms. The fraction of sp³-hybridized carbons (Fsp3) is 0.235. The first-order valence-corrected chi connectivity index (χ1v) is 8.81. The molecule has 2 nitrogen and oxygen atoms in total. The number of para-hydroxylation sites is 1. The van der Waals surface area contributed by atoms with Crippen LogP contribution in [0.4, 0.5) is 0 Å². The van der Waals surface area contributed by atoms with Crippen molar-refractivity contribution in [1.29, 1.82) is 0 Å². The predicted molar refractivity (Wildman–Crippen MR) is 93.9 cm³/mol. The van der Waals surface area contributed by atoms with Crippen LogP contribution in [0.15, 0.2) is 51.6 Å². The van der Waals surface area contributed by atoms with E-state index in [0.717, 1.165) is 28.6 Å². The summed E-state index contributed by atoms with van der Waals surface area (Å²) >= 11 is 5.43. The Morgan fingerprint density at radius 3 is 2.90 bits per heavy atom. The second kappa shape index (κ2) is 6.69. The van der Waals surface area contributed by atoms with Gasteiger partial charge in [-0.1, -0.05) is 25.1 Å². The minimum absolute atomic E-state index is 0.226. The summed E-state index contributed by atoms with van der Waals surface area (Å²) in [5.41, 5.74) is 3.48. The second-order valence-corrected chi connectivity index (χ2v) is 6.63. The topological polar surface area (TPSA) is 24.9 Å². The van der Waals surface area contributed by atoms with Crippen molar-refractivity contribution in [3.63, 3.8) is 0 Å². The van der Waals surface area contributed by atoms with Crippen LogP contribution in [-0.2, 0) is 6.42 Å². The van der Waals surface area contributed by atoms with E-state index in [1.165, 1.54) is 10.9 Å².